The summed E-state index contributed by atoms with van der Waals surface area (Å²) in [5.41, 5.74) is 7.93. The van der Waals surface area contributed by atoms with Crippen molar-refractivity contribution in [2.75, 3.05) is 0 Å². The Labute approximate surface area is 114 Å². The van der Waals surface area contributed by atoms with Crippen molar-refractivity contribution >= 4 is 0 Å². The van der Waals surface area contributed by atoms with E-state index in [1.165, 1.54) is 16.7 Å². The molecule has 1 unspecified atom stereocenters. The summed E-state index contributed by atoms with van der Waals surface area (Å²) >= 11 is 0. The Morgan fingerprint density at radius 2 is 1.89 bits per heavy atom. The normalized spacial score (nSPS) is 12.6. The van der Waals surface area contributed by atoms with E-state index in [0.29, 0.717) is 0 Å². The van der Waals surface area contributed by atoms with Gasteiger partial charge in [-0.1, -0.05) is 36.2 Å². The van der Waals surface area contributed by atoms with Crippen LogP contribution in [0, 0.1) is 13.8 Å². The van der Waals surface area contributed by atoms with Crippen LogP contribution in [-0.4, -0.2) is 0 Å². The fourth-order valence-corrected chi connectivity index (χ4v) is 2.63. The average molecular weight is 258 g/mol. The van der Waals surface area contributed by atoms with Gasteiger partial charge in [0, 0.05) is 12.0 Å². The Morgan fingerprint density at radius 3 is 2.47 bits per heavy atom. The topological polar surface area (TPSA) is 51.2 Å². The molecule has 3 heteroatoms. The molecular weight excluding hydrogens is 236 g/mol. The highest BCUT2D eigenvalue weighted by atomic mass is 16.3. The van der Waals surface area contributed by atoms with Gasteiger partial charge in [-0.15, -0.1) is 0 Å². The zero-order chi connectivity index (χ0) is 13.8. The van der Waals surface area contributed by atoms with Crippen molar-refractivity contribution in [3.05, 3.63) is 58.5 Å². The van der Waals surface area contributed by atoms with Crippen molar-refractivity contribution in [1.29, 1.82) is 0 Å². The molecule has 3 nitrogen and oxygen atoms in total. The monoisotopic (exact) mass is 258 g/mol. The summed E-state index contributed by atoms with van der Waals surface area (Å²) in [6, 6.07) is 8.71. The molecule has 1 aromatic heterocycles. The maximum atomic E-state index is 5.72. The summed E-state index contributed by atoms with van der Waals surface area (Å²) < 4.78 is 5.49. The highest BCUT2D eigenvalue weighted by Crippen LogP contribution is 2.24. The third-order valence-electron chi connectivity index (χ3n) is 3.40. The smallest absolute Gasteiger partial charge is 0.108 e. The molecule has 2 aromatic rings. The van der Waals surface area contributed by atoms with Crippen LogP contribution in [-0.2, 0) is 12.8 Å². The van der Waals surface area contributed by atoms with Crippen molar-refractivity contribution in [2.45, 2.75) is 39.7 Å². The van der Waals surface area contributed by atoms with Gasteiger partial charge in [-0.3, -0.25) is 11.3 Å². The van der Waals surface area contributed by atoms with E-state index in [1.54, 1.807) is 6.26 Å². The molecule has 2 rings (SSSR count). The van der Waals surface area contributed by atoms with E-state index in [0.717, 1.165) is 24.2 Å². The minimum atomic E-state index is 0.0925. The van der Waals surface area contributed by atoms with Crippen LogP contribution in [0.5, 0.6) is 0 Å². The van der Waals surface area contributed by atoms with Crippen LogP contribution < -0.4 is 11.3 Å². The lowest BCUT2D eigenvalue weighted by Gasteiger charge is -2.16. The van der Waals surface area contributed by atoms with Crippen molar-refractivity contribution in [3.8, 4) is 0 Å². The number of furan rings is 1. The number of aryl methyl sites for hydroxylation is 3. The average Bonchev–Trinajstić information content (AvgIpc) is 2.82. The number of benzene rings is 1. The summed E-state index contributed by atoms with van der Waals surface area (Å²) in [5.74, 6) is 6.73. The summed E-state index contributed by atoms with van der Waals surface area (Å²) in [5, 5.41) is 0. The van der Waals surface area contributed by atoms with Crippen LogP contribution in [0.25, 0.3) is 0 Å². The summed E-state index contributed by atoms with van der Waals surface area (Å²) in [6.45, 7) is 6.33. The molecule has 19 heavy (non-hydrogen) atoms. The summed E-state index contributed by atoms with van der Waals surface area (Å²) in [4.78, 5) is 0. The number of nitrogens with two attached hydrogens (primary N) is 1. The molecule has 1 aromatic carbocycles. The van der Waals surface area contributed by atoms with E-state index in [9.17, 15) is 0 Å². The first-order chi connectivity index (χ1) is 9.13. The van der Waals surface area contributed by atoms with Gasteiger partial charge >= 0.3 is 0 Å². The predicted octanol–water partition coefficient (Wildman–Crippen LogP) is 3.21. The third kappa shape index (κ3) is 3.25. The SMILES string of the molecule is CCc1occc1C(Cc1cc(C)cc(C)c1)NN. The quantitative estimate of drug-likeness (QED) is 0.639. The second-order valence-corrected chi connectivity index (χ2v) is 5.07. The maximum Gasteiger partial charge on any atom is 0.108 e. The van der Waals surface area contributed by atoms with Crippen LogP contribution in [0.2, 0.25) is 0 Å². The number of nitrogens with one attached hydrogen (secondary N) is 1. The van der Waals surface area contributed by atoms with E-state index < -0.39 is 0 Å². The summed E-state index contributed by atoms with van der Waals surface area (Å²) in [7, 11) is 0. The zero-order valence-corrected chi connectivity index (χ0v) is 11.9. The highest BCUT2D eigenvalue weighted by Gasteiger charge is 2.16. The van der Waals surface area contributed by atoms with Gasteiger partial charge in [-0.25, -0.2) is 0 Å². The van der Waals surface area contributed by atoms with E-state index >= 15 is 0 Å². The van der Waals surface area contributed by atoms with Crippen molar-refractivity contribution in [1.82, 2.24) is 5.43 Å². The zero-order valence-electron chi connectivity index (χ0n) is 11.9. The number of hydrogen-bond donors (Lipinski definition) is 2. The van der Waals surface area contributed by atoms with E-state index in [2.05, 4.69) is 44.4 Å². The van der Waals surface area contributed by atoms with Gasteiger partial charge in [-0.2, -0.15) is 0 Å². The molecule has 0 saturated carbocycles. The highest BCUT2D eigenvalue weighted by molar-refractivity contribution is 5.31. The second-order valence-electron chi connectivity index (χ2n) is 5.07. The molecule has 0 amide bonds. The number of hydrazine groups is 1. The summed E-state index contributed by atoms with van der Waals surface area (Å²) in [6.07, 6.45) is 3.49. The Bertz CT molecular complexity index is 525. The van der Waals surface area contributed by atoms with E-state index in [-0.39, 0.29) is 6.04 Å². The first kappa shape index (κ1) is 13.8. The molecule has 1 atom stereocenters. The lowest BCUT2D eigenvalue weighted by Crippen LogP contribution is -2.30. The van der Waals surface area contributed by atoms with Crippen LogP contribution in [0.4, 0.5) is 0 Å². The second kappa shape index (κ2) is 6.04. The molecule has 0 aliphatic rings. The Morgan fingerprint density at radius 1 is 1.21 bits per heavy atom. The van der Waals surface area contributed by atoms with Crippen LogP contribution >= 0.6 is 0 Å². The lowest BCUT2D eigenvalue weighted by molar-refractivity contribution is 0.487. The number of rotatable bonds is 5. The van der Waals surface area contributed by atoms with Gasteiger partial charge < -0.3 is 4.42 Å². The van der Waals surface area contributed by atoms with Crippen LogP contribution in [0.3, 0.4) is 0 Å². The Hall–Kier alpha value is -1.58. The predicted molar refractivity (Wildman–Crippen MR) is 77.8 cm³/mol. The Balaban J connectivity index is 2.24. The molecule has 3 N–H and O–H groups in total. The van der Waals surface area contributed by atoms with Gasteiger partial charge in [0.05, 0.1) is 12.3 Å². The van der Waals surface area contributed by atoms with Crippen LogP contribution in [0.15, 0.2) is 34.9 Å². The molecule has 0 saturated heterocycles. The molecule has 0 fully saturated rings. The van der Waals surface area contributed by atoms with Crippen LogP contribution in [0.1, 0.15) is 41.0 Å². The maximum absolute atomic E-state index is 5.72. The van der Waals surface area contributed by atoms with E-state index in [1.807, 2.05) is 6.07 Å². The number of hydrogen-bond acceptors (Lipinski definition) is 3. The molecule has 0 bridgehead atoms. The van der Waals surface area contributed by atoms with Crippen molar-refractivity contribution in [3.63, 3.8) is 0 Å². The van der Waals surface area contributed by atoms with Crippen molar-refractivity contribution < 1.29 is 4.42 Å². The molecule has 0 spiro atoms. The first-order valence-electron chi connectivity index (χ1n) is 6.73. The van der Waals surface area contributed by atoms with Gasteiger partial charge in [0.1, 0.15) is 5.76 Å². The molecule has 1 heterocycles. The fourth-order valence-electron chi connectivity index (χ4n) is 2.63. The van der Waals surface area contributed by atoms with Crippen molar-refractivity contribution in [2.24, 2.45) is 5.84 Å². The molecule has 0 radical (unpaired) electrons. The molecular formula is C16H22N2O. The minimum absolute atomic E-state index is 0.0925. The molecule has 0 aliphatic carbocycles. The standard InChI is InChI=1S/C16H22N2O/c1-4-16-14(5-6-19-16)15(18-17)10-13-8-11(2)7-12(3)9-13/h5-9,15,18H,4,10,17H2,1-3H3. The van der Waals surface area contributed by atoms with Gasteiger partial charge in [0.25, 0.3) is 0 Å². The minimum Gasteiger partial charge on any atom is -0.469 e. The third-order valence-corrected chi connectivity index (χ3v) is 3.40. The molecule has 102 valence electrons. The van der Waals surface area contributed by atoms with E-state index in [4.69, 9.17) is 10.3 Å². The largest absolute Gasteiger partial charge is 0.469 e. The first-order valence-corrected chi connectivity index (χ1v) is 6.73. The van der Waals surface area contributed by atoms with Gasteiger partial charge in [0.2, 0.25) is 0 Å². The van der Waals surface area contributed by atoms with Gasteiger partial charge in [-0.05, 0) is 31.9 Å². The fraction of sp³-hybridized carbons (Fsp3) is 0.375. The lowest BCUT2D eigenvalue weighted by atomic mass is 9.96. The molecule has 0 aliphatic heterocycles. The van der Waals surface area contributed by atoms with Gasteiger partial charge in [0.15, 0.2) is 0 Å². The Kier molecular flexibility index (Phi) is 4.40.